The molecule has 0 spiro atoms. The van der Waals surface area contributed by atoms with Crippen molar-refractivity contribution in [2.75, 3.05) is 0 Å². The van der Waals surface area contributed by atoms with Crippen molar-refractivity contribution < 1.29 is 9.90 Å². The van der Waals surface area contributed by atoms with Crippen molar-refractivity contribution in [1.82, 2.24) is 4.57 Å². The molecular weight excluding hydrogens is 240 g/mol. The largest absolute Gasteiger partial charge is 0.480 e. The molecule has 0 amide bonds. The van der Waals surface area contributed by atoms with E-state index in [1.54, 1.807) is 0 Å². The number of aryl methyl sites for hydroxylation is 1. The number of carbonyl (C=O) groups is 1. The average molecular weight is 258 g/mol. The number of carboxylic acids is 1. The first-order valence-electron chi connectivity index (χ1n) is 6.63. The van der Waals surface area contributed by atoms with Crippen LogP contribution in [0.3, 0.4) is 0 Å². The van der Waals surface area contributed by atoms with Crippen LogP contribution >= 0.6 is 0 Å². The molecule has 1 unspecified atom stereocenters. The van der Waals surface area contributed by atoms with Crippen LogP contribution in [0.5, 0.6) is 0 Å². The number of hydrogen-bond donors (Lipinski definition) is 2. The molecule has 4 heteroatoms. The highest BCUT2D eigenvalue weighted by atomic mass is 16.4. The minimum Gasteiger partial charge on any atom is -0.480 e. The second-order valence-electron chi connectivity index (χ2n) is 5.43. The molecule has 1 aromatic heterocycles. The van der Waals surface area contributed by atoms with Gasteiger partial charge in [0.2, 0.25) is 0 Å². The van der Waals surface area contributed by atoms with Crippen molar-refractivity contribution in [3.05, 3.63) is 35.5 Å². The van der Waals surface area contributed by atoms with E-state index in [-0.39, 0.29) is 0 Å². The van der Waals surface area contributed by atoms with Crippen LogP contribution in [0, 0.1) is 0 Å². The van der Waals surface area contributed by atoms with Crippen LogP contribution in [-0.2, 0) is 18.3 Å². The SMILES string of the molecule is Cn1cc(CC(N)C(=O)O)c2c(C3CC3)cccc21. The van der Waals surface area contributed by atoms with Crippen LogP contribution < -0.4 is 5.73 Å². The Morgan fingerprint density at radius 1 is 1.53 bits per heavy atom. The predicted octanol–water partition coefficient (Wildman–Crippen LogP) is 2.01. The van der Waals surface area contributed by atoms with Crippen molar-refractivity contribution in [3.8, 4) is 0 Å². The molecule has 1 fully saturated rings. The third-order valence-electron chi connectivity index (χ3n) is 3.90. The summed E-state index contributed by atoms with van der Waals surface area (Å²) in [7, 11) is 1.99. The van der Waals surface area contributed by atoms with Gasteiger partial charge in [-0.05, 0) is 36.0 Å². The van der Waals surface area contributed by atoms with E-state index >= 15 is 0 Å². The van der Waals surface area contributed by atoms with Gasteiger partial charge >= 0.3 is 5.97 Å². The summed E-state index contributed by atoms with van der Waals surface area (Å²) in [5.74, 6) is -0.299. The first-order valence-corrected chi connectivity index (χ1v) is 6.63. The standard InChI is InChI=1S/C15H18N2O2/c1-17-8-10(7-12(16)15(18)19)14-11(9-5-6-9)3-2-4-13(14)17/h2-4,8-9,12H,5-7,16H2,1H3,(H,18,19). The molecule has 1 atom stereocenters. The maximum Gasteiger partial charge on any atom is 0.320 e. The first kappa shape index (κ1) is 12.2. The van der Waals surface area contributed by atoms with E-state index in [0.29, 0.717) is 12.3 Å². The molecule has 0 radical (unpaired) electrons. The first-order chi connectivity index (χ1) is 9.08. The van der Waals surface area contributed by atoms with Gasteiger partial charge in [0.05, 0.1) is 0 Å². The fourth-order valence-electron chi connectivity index (χ4n) is 2.78. The van der Waals surface area contributed by atoms with Crippen LogP contribution in [0.2, 0.25) is 0 Å². The Morgan fingerprint density at radius 2 is 2.26 bits per heavy atom. The van der Waals surface area contributed by atoms with Gasteiger partial charge in [0, 0.05) is 30.6 Å². The Hall–Kier alpha value is -1.81. The summed E-state index contributed by atoms with van der Waals surface area (Å²) in [6.45, 7) is 0. The number of fused-ring (bicyclic) bond motifs is 1. The van der Waals surface area contributed by atoms with Gasteiger partial charge in [-0.1, -0.05) is 12.1 Å². The lowest BCUT2D eigenvalue weighted by molar-refractivity contribution is -0.138. The summed E-state index contributed by atoms with van der Waals surface area (Å²) < 4.78 is 2.06. The fraction of sp³-hybridized carbons (Fsp3) is 0.400. The molecule has 2 aromatic rings. The number of aliphatic carboxylic acids is 1. The topological polar surface area (TPSA) is 68.2 Å². The molecule has 1 heterocycles. The second-order valence-corrected chi connectivity index (χ2v) is 5.43. The van der Waals surface area contributed by atoms with Crippen LogP contribution in [0.1, 0.15) is 29.9 Å². The van der Waals surface area contributed by atoms with E-state index in [1.165, 1.54) is 23.8 Å². The van der Waals surface area contributed by atoms with Gasteiger partial charge in [-0.3, -0.25) is 4.79 Å². The molecule has 100 valence electrons. The van der Waals surface area contributed by atoms with E-state index in [0.717, 1.165) is 11.1 Å². The Kier molecular flexibility index (Phi) is 2.82. The second kappa shape index (κ2) is 4.38. The molecule has 3 N–H and O–H groups in total. The van der Waals surface area contributed by atoms with Crippen molar-refractivity contribution in [3.63, 3.8) is 0 Å². The summed E-state index contributed by atoms with van der Waals surface area (Å²) in [5, 5.41) is 10.2. The van der Waals surface area contributed by atoms with Gasteiger partial charge in [-0.15, -0.1) is 0 Å². The van der Waals surface area contributed by atoms with Gasteiger partial charge in [0.1, 0.15) is 6.04 Å². The number of hydrogen-bond acceptors (Lipinski definition) is 2. The van der Waals surface area contributed by atoms with E-state index in [2.05, 4.69) is 22.8 Å². The van der Waals surface area contributed by atoms with Crippen molar-refractivity contribution in [1.29, 1.82) is 0 Å². The Balaban J connectivity index is 2.10. The summed E-state index contributed by atoms with van der Waals surface area (Å²) in [6.07, 6.45) is 4.87. The molecule has 1 aromatic carbocycles. The van der Waals surface area contributed by atoms with Gasteiger partial charge in [-0.2, -0.15) is 0 Å². The third-order valence-corrected chi connectivity index (χ3v) is 3.90. The van der Waals surface area contributed by atoms with Crippen LogP contribution in [0.4, 0.5) is 0 Å². The Morgan fingerprint density at radius 3 is 2.89 bits per heavy atom. The molecule has 4 nitrogen and oxygen atoms in total. The van der Waals surface area contributed by atoms with E-state index in [1.807, 2.05) is 13.2 Å². The summed E-state index contributed by atoms with van der Waals surface area (Å²) >= 11 is 0. The number of benzene rings is 1. The van der Waals surface area contributed by atoms with E-state index in [4.69, 9.17) is 10.8 Å². The third kappa shape index (κ3) is 2.12. The number of nitrogens with zero attached hydrogens (tertiary/aromatic N) is 1. The minimum absolute atomic E-state index is 0.385. The van der Waals surface area contributed by atoms with Gasteiger partial charge in [0.15, 0.2) is 0 Å². The lowest BCUT2D eigenvalue weighted by Gasteiger charge is -2.08. The van der Waals surface area contributed by atoms with Crippen LogP contribution in [-0.4, -0.2) is 21.7 Å². The lowest BCUT2D eigenvalue weighted by atomic mass is 9.99. The molecule has 0 aliphatic heterocycles. The summed E-state index contributed by atoms with van der Waals surface area (Å²) in [5.41, 5.74) is 9.25. The normalized spacial score (nSPS) is 16.7. The highest BCUT2D eigenvalue weighted by Gasteiger charge is 2.27. The number of nitrogens with two attached hydrogens (primary N) is 1. The Labute approximate surface area is 111 Å². The molecule has 0 bridgehead atoms. The molecule has 1 saturated carbocycles. The zero-order chi connectivity index (χ0) is 13.6. The van der Waals surface area contributed by atoms with Crippen LogP contribution in [0.25, 0.3) is 10.9 Å². The molecular formula is C15H18N2O2. The lowest BCUT2D eigenvalue weighted by Crippen LogP contribution is -2.32. The van der Waals surface area contributed by atoms with Crippen molar-refractivity contribution >= 4 is 16.9 Å². The van der Waals surface area contributed by atoms with E-state index < -0.39 is 12.0 Å². The maximum atomic E-state index is 10.9. The number of rotatable bonds is 4. The van der Waals surface area contributed by atoms with Crippen molar-refractivity contribution in [2.24, 2.45) is 12.8 Å². The van der Waals surface area contributed by atoms with Crippen molar-refractivity contribution in [2.45, 2.75) is 31.2 Å². The fourth-order valence-corrected chi connectivity index (χ4v) is 2.78. The zero-order valence-corrected chi connectivity index (χ0v) is 11.0. The molecule has 0 saturated heterocycles. The average Bonchev–Trinajstić information content (AvgIpc) is 3.16. The van der Waals surface area contributed by atoms with Crippen LogP contribution in [0.15, 0.2) is 24.4 Å². The molecule has 1 aliphatic rings. The highest BCUT2D eigenvalue weighted by molar-refractivity contribution is 5.89. The van der Waals surface area contributed by atoms with E-state index in [9.17, 15) is 4.79 Å². The van der Waals surface area contributed by atoms with Gasteiger partial charge < -0.3 is 15.4 Å². The predicted molar refractivity (Wildman–Crippen MR) is 74.2 cm³/mol. The summed E-state index contributed by atoms with van der Waals surface area (Å²) in [4.78, 5) is 10.9. The molecule has 19 heavy (non-hydrogen) atoms. The minimum atomic E-state index is -0.944. The van der Waals surface area contributed by atoms with Gasteiger partial charge in [-0.25, -0.2) is 0 Å². The maximum absolute atomic E-state index is 10.9. The quantitative estimate of drug-likeness (QED) is 0.881. The molecule has 1 aliphatic carbocycles. The number of aromatic nitrogens is 1. The monoisotopic (exact) mass is 258 g/mol. The summed E-state index contributed by atoms with van der Waals surface area (Å²) in [6, 6.07) is 5.49. The Bertz CT molecular complexity index is 641. The number of carboxylic acid groups (broad SMARTS) is 1. The smallest absolute Gasteiger partial charge is 0.320 e. The van der Waals surface area contributed by atoms with Gasteiger partial charge in [0.25, 0.3) is 0 Å². The zero-order valence-electron chi connectivity index (χ0n) is 11.0. The molecule has 3 rings (SSSR count). The highest BCUT2D eigenvalue weighted by Crippen LogP contribution is 2.44.